The Morgan fingerprint density at radius 3 is 2.73 bits per heavy atom. The van der Waals surface area contributed by atoms with Crippen LogP contribution in [-0.2, 0) is 0 Å². The van der Waals surface area contributed by atoms with Gasteiger partial charge in [0.2, 0.25) is 0 Å². The molecule has 0 amide bonds. The summed E-state index contributed by atoms with van der Waals surface area (Å²) in [6, 6.07) is 5.45. The average molecular weight is 198 g/mol. The lowest BCUT2D eigenvalue weighted by molar-refractivity contribution is 0.468. The van der Waals surface area contributed by atoms with Gasteiger partial charge in [0, 0.05) is 16.5 Å². The van der Waals surface area contributed by atoms with E-state index in [4.69, 9.17) is 0 Å². The number of aromatic hydroxyl groups is 1. The van der Waals surface area contributed by atoms with Crippen LogP contribution >= 0.6 is 0 Å². The molecule has 74 valence electrons. The van der Waals surface area contributed by atoms with Crippen LogP contribution in [0.2, 0.25) is 0 Å². The van der Waals surface area contributed by atoms with Crippen molar-refractivity contribution in [3.8, 4) is 5.75 Å². The zero-order valence-corrected chi connectivity index (χ0v) is 8.57. The lowest BCUT2D eigenvalue weighted by Crippen LogP contribution is -2.23. The summed E-state index contributed by atoms with van der Waals surface area (Å²) in [5, 5.41) is 11.3. The van der Waals surface area contributed by atoms with E-state index in [0.29, 0.717) is 5.36 Å². The average Bonchev–Trinajstić information content (AvgIpc) is 2.68. The molecule has 0 aliphatic carbocycles. The summed E-state index contributed by atoms with van der Waals surface area (Å²) in [5.74, 6) is 0.962. The molecular formula is C12H10N2O. The molecule has 15 heavy (non-hydrogen) atoms. The Kier molecular flexibility index (Phi) is 1.44. The molecule has 0 spiro atoms. The SMILES string of the molecule is CC1=C(C)C2=c3cccc(O)c3=NC2=N1. The lowest BCUT2D eigenvalue weighted by atomic mass is 10.1. The highest BCUT2D eigenvalue weighted by Crippen LogP contribution is 2.26. The van der Waals surface area contributed by atoms with E-state index in [0.717, 1.165) is 27.9 Å². The minimum atomic E-state index is 0.225. The van der Waals surface area contributed by atoms with Crippen molar-refractivity contribution in [3.05, 3.63) is 40.0 Å². The number of rotatable bonds is 0. The summed E-state index contributed by atoms with van der Waals surface area (Å²) >= 11 is 0. The van der Waals surface area contributed by atoms with Crippen LogP contribution in [0.1, 0.15) is 13.8 Å². The number of fused-ring (bicyclic) bond motifs is 2. The molecule has 1 N–H and O–H groups in total. The van der Waals surface area contributed by atoms with Crippen molar-refractivity contribution >= 4 is 11.4 Å². The van der Waals surface area contributed by atoms with Gasteiger partial charge in [-0.25, -0.2) is 9.98 Å². The third kappa shape index (κ3) is 0.947. The van der Waals surface area contributed by atoms with Crippen LogP contribution in [0.5, 0.6) is 5.75 Å². The van der Waals surface area contributed by atoms with Crippen LogP contribution in [0, 0.1) is 0 Å². The molecule has 1 aromatic carbocycles. The van der Waals surface area contributed by atoms with E-state index in [2.05, 4.69) is 9.98 Å². The number of amidine groups is 1. The highest BCUT2D eigenvalue weighted by Gasteiger charge is 2.23. The van der Waals surface area contributed by atoms with Crippen molar-refractivity contribution < 1.29 is 5.11 Å². The van der Waals surface area contributed by atoms with Gasteiger partial charge in [-0.3, -0.25) is 0 Å². The Labute approximate surface area is 86.8 Å². The van der Waals surface area contributed by atoms with Gasteiger partial charge in [-0.15, -0.1) is 0 Å². The summed E-state index contributed by atoms with van der Waals surface area (Å²) in [5.41, 5.74) is 3.23. The molecule has 1 aromatic rings. The quantitative estimate of drug-likeness (QED) is 0.661. The van der Waals surface area contributed by atoms with Gasteiger partial charge in [0.1, 0.15) is 11.1 Å². The van der Waals surface area contributed by atoms with Crippen LogP contribution < -0.4 is 10.6 Å². The zero-order chi connectivity index (χ0) is 10.6. The number of phenolic OH excluding ortho intramolecular Hbond substituents is 1. The van der Waals surface area contributed by atoms with Gasteiger partial charge in [-0.05, 0) is 25.5 Å². The first-order valence-electron chi connectivity index (χ1n) is 4.86. The molecule has 2 heterocycles. The Morgan fingerprint density at radius 1 is 1.13 bits per heavy atom. The molecule has 0 atom stereocenters. The summed E-state index contributed by atoms with van der Waals surface area (Å²) in [4.78, 5) is 8.70. The molecular weight excluding hydrogens is 188 g/mol. The molecule has 3 heteroatoms. The van der Waals surface area contributed by atoms with E-state index in [1.807, 2.05) is 26.0 Å². The van der Waals surface area contributed by atoms with Gasteiger partial charge in [0.25, 0.3) is 0 Å². The highest BCUT2D eigenvalue weighted by atomic mass is 16.3. The van der Waals surface area contributed by atoms with E-state index in [1.165, 1.54) is 0 Å². The normalized spacial score (nSPS) is 17.5. The second-order valence-electron chi connectivity index (χ2n) is 3.81. The maximum atomic E-state index is 9.66. The number of hydrogen-bond donors (Lipinski definition) is 1. The van der Waals surface area contributed by atoms with Crippen LogP contribution in [0.15, 0.2) is 39.5 Å². The number of benzene rings is 1. The molecule has 3 nitrogen and oxygen atoms in total. The number of phenols is 1. The van der Waals surface area contributed by atoms with Crippen molar-refractivity contribution in [3.63, 3.8) is 0 Å². The largest absolute Gasteiger partial charge is 0.506 e. The van der Waals surface area contributed by atoms with E-state index >= 15 is 0 Å². The Morgan fingerprint density at radius 2 is 1.93 bits per heavy atom. The van der Waals surface area contributed by atoms with Crippen LogP contribution in [0.4, 0.5) is 0 Å². The van der Waals surface area contributed by atoms with Gasteiger partial charge >= 0.3 is 0 Å². The minimum Gasteiger partial charge on any atom is -0.506 e. The van der Waals surface area contributed by atoms with Crippen molar-refractivity contribution in [1.82, 2.24) is 0 Å². The van der Waals surface area contributed by atoms with Crippen molar-refractivity contribution in [2.45, 2.75) is 13.8 Å². The second-order valence-corrected chi connectivity index (χ2v) is 3.81. The molecule has 0 saturated carbocycles. The van der Waals surface area contributed by atoms with Crippen molar-refractivity contribution in [2.24, 2.45) is 9.98 Å². The predicted molar refractivity (Wildman–Crippen MR) is 58.1 cm³/mol. The maximum Gasteiger partial charge on any atom is 0.161 e. The first-order chi connectivity index (χ1) is 7.18. The predicted octanol–water partition coefficient (Wildman–Crippen LogP) is 0.882. The minimum absolute atomic E-state index is 0.225. The number of aliphatic imine (C=N–C) groups is 1. The molecule has 0 bridgehead atoms. The van der Waals surface area contributed by atoms with E-state index in [-0.39, 0.29) is 5.75 Å². The lowest BCUT2D eigenvalue weighted by Gasteiger charge is -1.95. The zero-order valence-electron chi connectivity index (χ0n) is 8.57. The number of nitrogens with zero attached hydrogens (tertiary/aromatic N) is 2. The Balaban J connectivity index is 2.52. The van der Waals surface area contributed by atoms with E-state index in [1.54, 1.807) is 6.07 Å². The molecule has 0 unspecified atom stereocenters. The van der Waals surface area contributed by atoms with Gasteiger partial charge in [-0.2, -0.15) is 0 Å². The fourth-order valence-corrected chi connectivity index (χ4v) is 2.01. The fourth-order valence-electron chi connectivity index (χ4n) is 2.01. The third-order valence-electron chi connectivity index (χ3n) is 2.92. The van der Waals surface area contributed by atoms with E-state index < -0.39 is 0 Å². The van der Waals surface area contributed by atoms with E-state index in [9.17, 15) is 5.11 Å². The number of para-hydroxylation sites is 1. The summed E-state index contributed by atoms with van der Waals surface area (Å²) < 4.78 is 0. The van der Waals surface area contributed by atoms with Gasteiger partial charge in [-0.1, -0.05) is 12.1 Å². The Hall–Kier alpha value is -1.90. The smallest absolute Gasteiger partial charge is 0.161 e. The molecule has 2 aliphatic rings. The Bertz CT molecular complexity index is 651. The van der Waals surface area contributed by atoms with Crippen LogP contribution in [0.25, 0.3) is 5.57 Å². The third-order valence-corrected chi connectivity index (χ3v) is 2.92. The standard InChI is InChI=1S/C12H10N2O/c1-6-7(2)13-12-10(6)8-4-3-5-9(15)11(8)14-12/h3-5,15H,1-2H3. The molecule has 2 aliphatic heterocycles. The summed E-state index contributed by atoms with van der Waals surface area (Å²) in [7, 11) is 0. The monoisotopic (exact) mass is 198 g/mol. The molecule has 0 saturated heterocycles. The summed E-state index contributed by atoms with van der Waals surface area (Å²) in [6.45, 7) is 4.02. The first kappa shape index (κ1) is 8.41. The number of allylic oxidation sites excluding steroid dienone is 1. The topological polar surface area (TPSA) is 45.0 Å². The molecule has 0 fully saturated rings. The van der Waals surface area contributed by atoms with Crippen molar-refractivity contribution in [1.29, 1.82) is 0 Å². The fraction of sp³-hybridized carbons (Fsp3) is 0.167. The highest BCUT2D eigenvalue weighted by molar-refractivity contribution is 6.26. The van der Waals surface area contributed by atoms with Crippen molar-refractivity contribution in [2.75, 3.05) is 0 Å². The van der Waals surface area contributed by atoms with Gasteiger partial charge < -0.3 is 5.11 Å². The maximum absolute atomic E-state index is 9.66. The van der Waals surface area contributed by atoms with Gasteiger partial charge in [0.05, 0.1) is 0 Å². The van der Waals surface area contributed by atoms with Gasteiger partial charge in [0.15, 0.2) is 5.84 Å². The molecule has 0 aromatic heterocycles. The molecule has 0 radical (unpaired) electrons. The van der Waals surface area contributed by atoms with Crippen LogP contribution in [0.3, 0.4) is 0 Å². The summed E-state index contributed by atoms with van der Waals surface area (Å²) in [6.07, 6.45) is 0. The van der Waals surface area contributed by atoms with Crippen LogP contribution in [-0.4, -0.2) is 10.9 Å². The molecule has 3 rings (SSSR count). The second kappa shape index (κ2) is 2.57. The number of hydrogen-bond acceptors (Lipinski definition) is 3. The first-order valence-corrected chi connectivity index (χ1v) is 4.86.